The highest BCUT2D eigenvalue weighted by Gasteiger charge is 2.14. The van der Waals surface area contributed by atoms with Gasteiger partial charge in [0, 0.05) is 10.9 Å². The third-order valence-electron chi connectivity index (χ3n) is 3.31. The summed E-state index contributed by atoms with van der Waals surface area (Å²) in [7, 11) is 1.62. The van der Waals surface area contributed by atoms with Crippen molar-refractivity contribution in [1.29, 1.82) is 0 Å². The molecule has 1 heterocycles. The van der Waals surface area contributed by atoms with E-state index in [0.29, 0.717) is 15.7 Å². The summed E-state index contributed by atoms with van der Waals surface area (Å²) in [5.41, 5.74) is 2.02. The molecule has 0 aliphatic heterocycles. The van der Waals surface area contributed by atoms with E-state index >= 15 is 0 Å². The number of nitrogens with one attached hydrogen (secondary N) is 1. The lowest BCUT2D eigenvalue weighted by Crippen LogP contribution is -2.12. The summed E-state index contributed by atoms with van der Waals surface area (Å²) in [5, 5.41) is 5.66. The van der Waals surface area contributed by atoms with Crippen molar-refractivity contribution in [3.63, 3.8) is 0 Å². The van der Waals surface area contributed by atoms with Crippen LogP contribution in [-0.2, 0) is 0 Å². The maximum atomic E-state index is 12.3. The van der Waals surface area contributed by atoms with Gasteiger partial charge in [-0.25, -0.2) is 4.98 Å². The average Bonchev–Trinajstić information content (AvgIpc) is 3.05. The van der Waals surface area contributed by atoms with E-state index in [-0.39, 0.29) is 10.9 Å². The number of carbonyl (C=O) groups is 1. The molecule has 7 heteroatoms. The standard InChI is InChI=1S/C17H12Cl2N2O2S/c1-23-11-7-5-10(6-8-11)14-9-24-17(20-14)21-16(22)12-3-2-4-13(18)15(12)19/h2-9H,1H3,(H,20,21,22). The Hall–Kier alpha value is -2.08. The van der Waals surface area contributed by atoms with Crippen molar-refractivity contribution in [3.05, 3.63) is 63.5 Å². The largest absolute Gasteiger partial charge is 0.497 e. The molecule has 0 fully saturated rings. The molecular weight excluding hydrogens is 367 g/mol. The van der Waals surface area contributed by atoms with E-state index in [2.05, 4.69) is 10.3 Å². The van der Waals surface area contributed by atoms with Crippen LogP contribution in [0.5, 0.6) is 5.75 Å². The summed E-state index contributed by atoms with van der Waals surface area (Å²) in [5.74, 6) is 0.427. The van der Waals surface area contributed by atoms with Crippen molar-refractivity contribution in [3.8, 4) is 17.0 Å². The molecule has 3 aromatic rings. The molecule has 4 nitrogen and oxygen atoms in total. The van der Waals surface area contributed by atoms with Crippen LogP contribution in [-0.4, -0.2) is 18.0 Å². The highest BCUT2D eigenvalue weighted by atomic mass is 35.5. The highest BCUT2D eigenvalue weighted by molar-refractivity contribution is 7.14. The molecule has 3 rings (SSSR count). The quantitative estimate of drug-likeness (QED) is 0.662. The first-order chi connectivity index (χ1) is 11.6. The molecule has 0 bridgehead atoms. The van der Waals surface area contributed by atoms with Gasteiger partial charge in [0.05, 0.1) is 28.4 Å². The molecule has 24 heavy (non-hydrogen) atoms. The van der Waals surface area contributed by atoms with Gasteiger partial charge in [0.2, 0.25) is 0 Å². The molecule has 0 atom stereocenters. The molecule has 0 unspecified atom stereocenters. The number of benzene rings is 2. The maximum Gasteiger partial charge on any atom is 0.259 e. The lowest BCUT2D eigenvalue weighted by atomic mass is 10.2. The minimum atomic E-state index is -0.349. The van der Waals surface area contributed by atoms with Crippen LogP contribution in [0.1, 0.15) is 10.4 Å². The minimum Gasteiger partial charge on any atom is -0.497 e. The summed E-state index contributed by atoms with van der Waals surface area (Å²) < 4.78 is 5.13. The second-order valence-corrected chi connectivity index (χ2v) is 6.47. The lowest BCUT2D eigenvalue weighted by molar-refractivity contribution is 0.102. The molecule has 1 aromatic heterocycles. The number of hydrogen-bond acceptors (Lipinski definition) is 4. The number of methoxy groups -OCH3 is 1. The Bertz CT molecular complexity index is 879. The number of thiazole rings is 1. The molecule has 0 spiro atoms. The van der Waals surface area contributed by atoms with Gasteiger partial charge in [-0.05, 0) is 36.4 Å². The van der Waals surface area contributed by atoms with Crippen molar-refractivity contribution in [2.24, 2.45) is 0 Å². The molecule has 1 N–H and O–H groups in total. The van der Waals surface area contributed by atoms with E-state index in [1.807, 2.05) is 29.6 Å². The SMILES string of the molecule is COc1ccc(-c2csc(NC(=O)c3cccc(Cl)c3Cl)n2)cc1. The third-order valence-corrected chi connectivity index (χ3v) is 4.88. The molecular formula is C17H12Cl2N2O2S. The number of halogens is 2. The number of aromatic nitrogens is 1. The number of amides is 1. The van der Waals surface area contributed by atoms with Crippen LogP contribution < -0.4 is 10.1 Å². The van der Waals surface area contributed by atoms with Crippen LogP contribution in [0, 0.1) is 0 Å². The molecule has 0 aliphatic carbocycles. The van der Waals surface area contributed by atoms with Gasteiger partial charge in [-0.2, -0.15) is 0 Å². The van der Waals surface area contributed by atoms with Crippen molar-refractivity contribution in [2.75, 3.05) is 12.4 Å². The van der Waals surface area contributed by atoms with Gasteiger partial charge >= 0.3 is 0 Å². The van der Waals surface area contributed by atoms with Gasteiger partial charge in [0.1, 0.15) is 5.75 Å². The zero-order valence-corrected chi connectivity index (χ0v) is 14.9. The Morgan fingerprint density at radius 2 is 1.92 bits per heavy atom. The maximum absolute atomic E-state index is 12.3. The summed E-state index contributed by atoms with van der Waals surface area (Å²) in [6.07, 6.45) is 0. The van der Waals surface area contributed by atoms with Crippen LogP contribution in [0.4, 0.5) is 5.13 Å². The normalized spacial score (nSPS) is 10.5. The molecule has 0 saturated carbocycles. The van der Waals surface area contributed by atoms with Crippen molar-refractivity contribution in [1.82, 2.24) is 4.98 Å². The lowest BCUT2D eigenvalue weighted by Gasteiger charge is -2.05. The number of ether oxygens (including phenoxy) is 1. The van der Waals surface area contributed by atoms with E-state index in [1.165, 1.54) is 11.3 Å². The third kappa shape index (κ3) is 3.53. The minimum absolute atomic E-state index is 0.226. The second kappa shape index (κ2) is 7.21. The van der Waals surface area contributed by atoms with Crippen molar-refractivity contribution >= 4 is 45.6 Å². The number of carbonyl (C=O) groups excluding carboxylic acids is 1. The summed E-state index contributed by atoms with van der Waals surface area (Å²) in [6, 6.07) is 12.5. The van der Waals surface area contributed by atoms with E-state index in [4.69, 9.17) is 27.9 Å². The summed E-state index contributed by atoms with van der Waals surface area (Å²) in [4.78, 5) is 16.7. The second-order valence-electron chi connectivity index (χ2n) is 4.82. The molecule has 1 amide bonds. The monoisotopic (exact) mass is 378 g/mol. The van der Waals surface area contributed by atoms with E-state index in [9.17, 15) is 4.79 Å². The fourth-order valence-corrected chi connectivity index (χ4v) is 3.17. The first-order valence-electron chi connectivity index (χ1n) is 6.94. The van der Waals surface area contributed by atoms with Gasteiger partial charge in [0.15, 0.2) is 5.13 Å². The smallest absolute Gasteiger partial charge is 0.259 e. The molecule has 0 aliphatic rings. The zero-order chi connectivity index (χ0) is 17.1. The van der Waals surface area contributed by atoms with Gasteiger partial charge in [-0.3, -0.25) is 10.1 Å². The van der Waals surface area contributed by atoms with Gasteiger partial charge in [0.25, 0.3) is 5.91 Å². The van der Waals surface area contributed by atoms with Gasteiger partial charge in [-0.1, -0.05) is 29.3 Å². The van der Waals surface area contributed by atoms with Crippen LogP contribution in [0.15, 0.2) is 47.8 Å². The first-order valence-corrected chi connectivity index (χ1v) is 8.57. The Labute approximate surface area is 153 Å². The fraction of sp³-hybridized carbons (Fsp3) is 0.0588. The molecule has 0 radical (unpaired) electrons. The van der Waals surface area contributed by atoms with E-state index in [0.717, 1.165) is 17.0 Å². The molecule has 0 saturated heterocycles. The Kier molecular flexibility index (Phi) is 5.04. The molecule has 2 aromatic carbocycles. The van der Waals surface area contributed by atoms with Crippen LogP contribution in [0.25, 0.3) is 11.3 Å². The predicted octanol–water partition coefficient (Wildman–Crippen LogP) is 5.38. The molecule has 122 valence electrons. The Morgan fingerprint density at radius 1 is 1.17 bits per heavy atom. The Balaban J connectivity index is 1.78. The van der Waals surface area contributed by atoms with Crippen molar-refractivity contribution in [2.45, 2.75) is 0 Å². The highest BCUT2D eigenvalue weighted by Crippen LogP contribution is 2.29. The predicted molar refractivity (Wildman–Crippen MR) is 98.5 cm³/mol. The van der Waals surface area contributed by atoms with Crippen LogP contribution in [0.3, 0.4) is 0 Å². The zero-order valence-electron chi connectivity index (χ0n) is 12.5. The number of anilines is 1. The fourth-order valence-electron chi connectivity index (χ4n) is 2.07. The average molecular weight is 379 g/mol. The van der Waals surface area contributed by atoms with Gasteiger partial charge in [-0.15, -0.1) is 11.3 Å². The summed E-state index contributed by atoms with van der Waals surface area (Å²) >= 11 is 13.3. The van der Waals surface area contributed by atoms with Crippen LogP contribution >= 0.6 is 34.5 Å². The number of rotatable bonds is 4. The Morgan fingerprint density at radius 3 is 2.62 bits per heavy atom. The summed E-state index contributed by atoms with van der Waals surface area (Å²) in [6.45, 7) is 0. The van der Waals surface area contributed by atoms with Gasteiger partial charge < -0.3 is 4.74 Å². The first kappa shape index (κ1) is 16.8. The number of nitrogens with zero attached hydrogens (tertiary/aromatic N) is 1. The van der Waals surface area contributed by atoms with E-state index in [1.54, 1.807) is 25.3 Å². The van der Waals surface area contributed by atoms with Crippen LogP contribution in [0.2, 0.25) is 10.0 Å². The van der Waals surface area contributed by atoms with E-state index < -0.39 is 0 Å². The van der Waals surface area contributed by atoms with Crippen molar-refractivity contribution < 1.29 is 9.53 Å². The number of hydrogen-bond donors (Lipinski definition) is 1. The topological polar surface area (TPSA) is 51.2 Å².